The fourth-order valence-electron chi connectivity index (χ4n) is 4.88. The van der Waals surface area contributed by atoms with Crippen molar-refractivity contribution in [2.75, 3.05) is 25.5 Å². The van der Waals surface area contributed by atoms with Crippen molar-refractivity contribution in [3.05, 3.63) is 48.2 Å². The zero-order valence-corrected chi connectivity index (χ0v) is 18.6. The van der Waals surface area contributed by atoms with Crippen LogP contribution < -0.4 is 5.32 Å². The maximum atomic E-state index is 13.5. The summed E-state index contributed by atoms with van der Waals surface area (Å²) in [6.07, 6.45) is 9.28. The fourth-order valence-corrected chi connectivity index (χ4v) is 4.88. The van der Waals surface area contributed by atoms with Gasteiger partial charge in [0, 0.05) is 69.7 Å². The van der Waals surface area contributed by atoms with Gasteiger partial charge in [-0.3, -0.25) is 9.78 Å². The van der Waals surface area contributed by atoms with Gasteiger partial charge >= 0.3 is 6.03 Å². The number of rotatable bonds is 4. The van der Waals surface area contributed by atoms with Crippen molar-refractivity contribution < 1.29 is 18.4 Å². The number of aryl methyl sites for hydroxylation is 1. The molecule has 1 N–H and O–H groups in total. The minimum Gasteiger partial charge on any atom is -0.337 e. The molecule has 0 aromatic carbocycles. The Labute approximate surface area is 189 Å². The average Bonchev–Trinajstić information content (AvgIpc) is 3.28. The second-order valence-electron chi connectivity index (χ2n) is 9.35. The van der Waals surface area contributed by atoms with E-state index in [2.05, 4.69) is 15.4 Å². The Hall–Kier alpha value is -3.50. The number of likely N-dealkylation sites (tertiary alicyclic amines) is 1. The van der Waals surface area contributed by atoms with Gasteiger partial charge in [-0.15, -0.1) is 0 Å². The highest BCUT2D eigenvalue weighted by molar-refractivity contribution is 6.00. The number of carbonyl (C=O) groups excluding carboxylic acids is 2. The molecule has 3 aromatic rings. The number of carbonyl (C=O) groups is 2. The summed E-state index contributed by atoms with van der Waals surface area (Å²) in [5.74, 6) is -3.07. The quantitative estimate of drug-likeness (QED) is 0.653. The molecule has 1 saturated heterocycles. The van der Waals surface area contributed by atoms with Gasteiger partial charge in [-0.05, 0) is 18.9 Å². The largest absolute Gasteiger partial charge is 0.337 e. The highest BCUT2D eigenvalue weighted by atomic mass is 19.3. The van der Waals surface area contributed by atoms with Gasteiger partial charge in [0.25, 0.3) is 11.8 Å². The molecule has 1 aliphatic heterocycles. The van der Waals surface area contributed by atoms with E-state index in [9.17, 15) is 18.4 Å². The molecule has 2 fully saturated rings. The summed E-state index contributed by atoms with van der Waals surface area (Å²) in [4.78, 5) is 32.8. The van der Waals surface area contributed by atoms with Crippen molar-refractivity contribution in [2.45, 2.75) is 31.7 Å². The van der Waals surface area contributed by atoms with Crippen molar-refractivity contribution >= 4 is 23.3 Å². The van der Waals surface area contributed by atoms with Crippen LogP contribution in [0.15, 0.2) is 37.1 Å². The van der Waals surface area contributed by atoms with Crippen LogP contribution in [0.4, 0.5) is 19.3 Å². The summed E-state index contributed by atoms with van der Waals surface area (Å²) in [7, 11) is 3.57. The molecular weight excluding hydrogens is 432 g/mol. The molecule has 3 amide bonds. The molecule has 11 heteroatoms. The van der Waals surface area contributed by atoms with Gasteiger partial charge in [0.2, 0.25) is 0 Å². The van der Waals surface area contributed by atoms with Crippen molar-refractivity contribution in [1.29, 1.82) is 0 Å². The Bertz CT molecular complexity index is 1230. The fraction of sp³-hybridized carbons (Fsp3) is 0.455. The molecule has 1 spiro atoms. The second-order valence-corrected chi connectivity index (χ2v) is 9.35. The van der Waals surface area contributed by atoms with Gasteiger partial charge < -0.3 is 19.7 Å². The van der Waals surface area contributed by atoms with Crippen molar-refractivity contribution in [2.24, 2.45) is 12.5 Å². The molecular formula is C22H25F2N7O2. The van der Waals surface area contributed by atoms with Crippen LogP contribution in [0.5, 0.6) is 0 Å². The van der Waals surface area contributed by atoms with Crippen LogP contribution in [-0.2, 0) is 13.0 Å². The molecule has 0 atom stereocenters. The van der Waals surface area contributed by atoms with Crippen LogP contribution in [0, 0.1) is 5.41 Å². The molecule has 5 rings (SSSR count). The number of urea groups is 1. The van der Waals surface area contributed by atoms with E-state index in [1.807, 2.05) is 22.7 Å². The summed E-state index contributed by atoms with van der Waals surface area (Å²) < 4.78 is 30.6. The summed E-state index contributed by atoms with van der Waals surface area (Å²) >= 11 is 0. The third-order valence-electron chi connectivity index (χ3n) is 6.81. The number of anilines is 1. The van der Waals surface area contributed by atoms with Gasteiger partial charge in [-0.1, -0.05) is 0 Å². The lowest BCUT2D eigenvalue weighted by atomic mass is 9.60. The van der Waals surface area contributed by atoms with Crippen LogP contribution in [0.3, 0.4) is 0 Å². The normalized spacial score (nSPS) is 17.7. The maximum Gasteiger partial charge on any atom is 0.321 e. The van der Waals surface area contributed by atoms with Crippen LogP contribution in [0.1, 0.15) is 35.7 Å². The van der Waals surface area contributed by atoms with Crippen molar-refractivity contribution in [3.8, 4) is 0 Å². The minimum atomic E-state index is -3.03. The van der Waals surface area contributed by atoms with Crippen LogP contribution in [0.2, 0.25) is 0 Å². The van der Waals surface area contributed by atoms with Crippen molar-refractivity contribution in [3.63, 3.8) is 0 Å². The Balaban J connectivity index is 1.15. The molecule has 174 valence electrons. The van der Waals surface area contributed by atoms with Gasteiger partial charge in [0.15, 0.2) is 0 Å². The lowest BCUT2D eigenvalue weighted by Crippen LogP contribution is -2.67. The number of halogens is 2. The van der Waals surface area contributed by atoms with Gasteiger partial charge in [-0.2, -0.15) is 5.10 Å². The average molecular weight is 457 g/mol. The van der Waals surface area contributed by atoms with Crippen LogP contribution >= 0.6 is 0 Å². The van der Waals surface area contributed by atoms with E-state index in [1.54, 1.807) is 28.9 Å². The smallest absolute Gasteiger partial charge is 0.321 e. The first kappa shape index (κ1) is 21.4. The number of fused-ring (bicyclic) bond motifs is 1. The lowest BCUT2D eigenvalue weighted by molar-refractivity contribution is -0.0787. The number of imidazole rings is 1. The number of nitrogens with zero attached hydrogens (tertiary/aromatic N) is 6. The predicted octanol–water partition coefficient (Wildman–Crippen LogP) is 2.95. The highest BCUT2D eigenvalue weighted by Gasteiger charge is 2.55. The van der Waals surface area contributed by atoms with E-state index in [-0.39, 0.29) is 34.6 Å². The second kappa shape index (κ2) is 7.26. The summed E-state index contributed by atoms with van der Waals surface area (Å²) in [5, 5.41) is 6.88. The molecule has 0 radical (unpaired) electrons. The topological polar surface area (TPSA) is 87.8 Å². The van der Waals surface area contributed by atoms with E-state index < -0.39 is 5.92 Å². The van der Waals surface area contributed by atoms with E-state index in [1.165, 1.54) is 12.3 Å². The number of alkyl halides is 2. The molecule has 1 saturated carbocycles. The first-order chi connectivity index (χ1) is 15.6. The standard InChI is InChI=1S/C22H25F2N7O2/c1-21(23,24)14-6-15(10-25-9-14)27-20(33)29(3)16-7-22(8-16)12-30(13-22)19(32)17-11-26-31-5-4-28(2)18(17)31/h4-6,9-11,16H,7-8,12-13H2,1-3H3,(H,27,33). The Morgan fingerprint density at radius 3 is 2.64 bits per heavy atom. The van der Waals surface area contributed by atoms with Gasteiger partial charge in [0.1, 0.15) is 11.2 Å². The number of amides is 3. The van der Waals surface area contributed by atoms with Crippen LogP contribution in [0.25, 0.3) is 5.65 Å². The highest BCUT2D eigenvalue weighted by Crippen LogP contribution is 2.50. The first-order valence-corrected chi connectivity index (χ1v) is 10.7. The molecule has 0 unspecified atom stereocenters. The van der Waals surface area contributed by atoms with Gasteiger partial charge in [0.05, 0.1) is 18.1 Å². The van der Waals surface area contributed by atoms with Crippen molar-refractivity contribution in [1.82, 2.24) is 29.0 Å². The molecule has 9 nitrogen and oxygen atoms in total. The number of hydrogen-bond acceptors (Lipinski definition) is 4. The predicted molar refractivity (Wildman–Crippen MR) is 116 cm³/mol. The number of nitrogens with one attached hydrogen (secondary N) is 1. The molecule has 0 bridgehead atoms. The molecule has 33 heavy (non-hydrogen) atoms. The summed E-state index contributed by atoms with van der Waals surface area (Å²) in [5.41, 5.74) is 1.35. The van der Waals surface area contributed by atoms with E-state index in [0.717, 1.165) is 31.6 Å². The first-order valence-electron chi connectivity index (χ1n) is 10.7. The van der Waals surface area contributed by atoms with Gasteiger partial charge in [-0.25, -0.2) is 18.1 Å². The molecule has 4 heterocycles. The van der Waals surface area contributed by atoms with E-state index in [4.69, 9.17) is 0 Å². The molecule has 1 aliphatic carbocycles. The summed E-state index contributed by atoms with van der Waals surface area (Å²) in [6, 6.07) is 0.893. The van der Waals surface area contributed by atoms with Crippen LogP contribution in [-0.4, -0.2) is 67.1 Å². The number of pyridine rings is 1. The number of hydrogen-bond donors (Lipinski definition) is 1. The van der Waals surface area contributed by atoms with E-state index >= 15 is 0 Å². The molecule has 3 aromatic heterocycles. The Morgan fingerprint density at radius 1 is 1.21 bits per heavy atom. The monoisotopic (exact) mass is 457 g/mol. The minimum absolute atomic E-state index is 0.0289. The molecule has 2 aliphatic rings. The lowest BCUT2D eigenvalue weighted by Gasteiger charge is -2.60. The Kier molecular flexibility index (Phi) is 4.69. The Morgan fingerprint density at radius 2 is 1.94 bits per heavy atom. The van der Waals surface area contributed by atoms with E-state index in [0.29, 0.717) is 18.7 Å². The number of aromatic nitrogens is 4. The zero-order valence-electron chi connectivity index (χ0n) is 18.6. The SMILES string of the molecule is CN(C(=O)Nc1cncc(C(C)(F)F)c1)C1CC2(C1)CN(C(=O)c1cnn3ccn(C)c13)C2. The summed E-state index contributed by atoms with van der Waals surface area (Å²) in [6.45, 7) is 2.09. The zero-order chi connectivity index (χ0) is 23.5. The third-order valence-corrected chi connectivity index (χ3v) is 6.81. The third kappa shape index (κ3) is 3.61. The maximum absolute atomic E-state index is 13.5.